The van der Waals surface area contributed by atoms with E-state index in [1.165, 1.54) is 17.0 Å². The molecule has 16 heteroatoms. The first-order valence-corrected chi connectivity index (χ1v) is 15.1. The number of hydrogen-bond acceptors (Lipinski definition) is 5. The molecule has 4 fully saturated rings. The molecule has 234 valence electrons. The molecule has 9 nitrogen and oxygen atoms in total. The van der Waals surface area contributed by atoms with Crippen molar-refractivity contribution in [2.45, 2.75) is 69.1 Å². The molecule has 0 bridgehead atoms. The molecule has 2 N–H and O–H groups in total. The summed E-state index contributed by atoms with van der Waals surface area (Å²) in [6.45, 7) is 0.0544. The standard InChI is InChI=1S/C26H32F6N4O5S/c27-25(28,29)19-7-5-17(6-8-19)11-33-21(37)20-4-2-10-36(20)22(38)18-3-1-9-34(12-18)42(40,41)35-15-23(16-35)13-24(39,14-23)26(30,31)32/h5-8,18,20,39H,1-4,9-16H2,(H,33,37)/t18?,20-/m1/s1. The van der Waals surface area contributed by atoms with Gasteiger partial charge in [0.05, 0.1) is 11.5 Å². The van der Waals surface area contributed by atoms with Crippen molar-refractivity contribution in [1.82, 2.24) is 18.8 Å². The zero-order valence-electron chi connectivity index (χ0n) is 22.5. The van der Waals surface area contributed by atoms with Crippen LogP contribution < -0.4 is 5.32 Å². The van der Waals surface area contributed by atoms with Crippen molar-refractivity contribution in [3.63, 3.8) is 0 Å². The second kappa shape index (κ2) is 10.6. The summed E-state index contributed by atoms with van der Waals surface area (Å²) in [5.41, 5.74) is -4.04. The van der Waals surface area contributed by atoms with E-state index in [1.807, 2.05) is 0 Å². The molecular weight excluding hydrogens is 594 g/mol. The Morgan fingerprint density at radius 1 is 0.952 bits per heavy atom. The van der Waals surface area contributed by atoms with Crippen molar-refractivity contribution in [2.75, 3.05) is 32.7 Å². The number of carbonyl (C=O) groups excluding carboxylic acids is 2. The first-order valence-electron chi connectivity index (χ1n) is 13.7. The van der Waals surface area contributed by atoms with Gasteiger partial charge in [0, 0.05) is 44.7 Å². The molecule has 1 unspecified atom stereocenters. The highest BCUT2D eigenvalue weighted by Gasteiger charge is 2.71. The fourth-order valence-corrected chi connectivity index (χ4v) is 8.58. The molecule has 1 spiro atoms. The quantitative estimate of drug-likeness (QED) is 0.472. The molecule has 3 aliphatic heterocycles. The van der Waals surface area contributed by atoms with Gasteiger partial charge in [0.1, 0.15) is 6.04 Å². The maximum Gasteiger partial charge on any atom is 0.417 e. The van der Waals surface area contributed by atoms with E-state index in [4.69, 9.17) is 0 Å². The normalized spacial score (nSPS) is 26.5. The summed E-state index contributed by atoms with van der Waals surface area (Å²) in [7, 11) is -4.03. The Morgan fingerprint density at radius 2 is 1.57 bits per heavy atom. The van der Waals surface area contributed by atoms with Crippen LogP contribution in [0.15, 0.2) is 24.3 Å². The topological polar surface area (TPSA) is 110 Å². The second-order valence-corrected chi connectivity index (χ2v) is 13.9. The molecule has 3 heterocycles. The lowest BCUT2D eigenvalue weighted by atomic mass is 9.55. The fourth-order valence-electron chi connectivity index (χ4n) is 6.65. The van der Waals surface area contributed by atoms with Gasteiger partial charge in [-0.25, -0.2) is 0 Å². The van der Waals surface area contributed by atoms with Crippen molar-refractivity contribution in [3.8, 4) is 0 Å². The lowest BCUT2D eigenvalue weighted by molar-refractivity contribution is -0.327. The third kappa shape index (κ3) is 5.74. The molecule has 1 aromatic rings. The Bertz CT molecular complexity index is 1310. The van der Waals surface area contributed by atoms with Gasteiger partial charge < -0.3 is 15.3 Å². The van der Waals surface area contributed by atoms with E-state index in [2.05, 4.69) is 5.32 Å². The number of piperidine rings is 1. The second-order valence-electron chi connectivity index (χ2n) is 12.0. The van der Waals surface area contributed by atoms with Crippen LogP contribution in [0.25, 0.3) is 0 Å². The average molecular weight is 627 g/mol. The summed E-state index contributed by atoms with van der Waals surface area (Å²) < 4.78 is 106. The number of nitrogens with one attached hydrogen (secondary N) is 1. The van der Waals surface area contributed by atoms with Crippen LogP contribution in [0.4, 0.5) is 26.3 Å². The fraction of sp³-hybridized carbons (Fsp3) is 0.692. The van der Waals surface area contributed by atoms with Gasteiger partial charge in [-0.3, -0.25) is 9.59 Å². The summed E-state index contributed by atoms with van der Waals surface area (Å²) in [5.74, 6) is -1.52. The van der Waals surface area contributed by atoms with Crippen LogP contribution >= 0.6 is 0 Å². The number of carbonyl (C=O) groups is 2. The van der Waals surface area contributed by atoms with Gasteiger partial charge in [0.25, 0.3) is 10.2 Å². The molecule has 1 saturated carbocycles. The molecule has 42 heavy (non-hydrogen) atoms. The molecule has 5 rings (SSSR count). The third-order valence-electron chi connectivity index (χ3n) is 8.86. The van der Waals surface area contributed by atoms with E-state index in [0.29, 0.717) is 37.8 Å². The predicted molar refractivity (Wildman–Crippen MR) is 135 cm³/mol. The molecule has 2 amide bonds. The minimum Gasteiger partial charge on any atom is -0.380 e. The van der Waals surface area contributed by atoms with E-state index >= 15 is 0 Å². The maximum absolute atomic E-state index is 13.4. The van der Waals surface area contributed by atoms with E-state index in [-0.39, 0.29) is 38.6 Å². The number of benzene rings is 1. The Kier molecular flexibility index (Phi) is 7.85. The minimum atomic E-state index is -4.77. The third-order valence-corrected chi connectivity index (χ3v) is 10.8. The number of halogens is 6. The number of hydrogen-bond donors (Lipinski definition) is 2. The molecule has 0 radical (unpaired) electrons. The van der Waals surface area contributed by atoms with Gasteiger partial charge in [0.15, 0.2) is 5.60 Å². The van der Waals surface area contributed by atoms with Crippen LogP contribution in [0, 0.1) is 11.3 Å². The van der Waals surface area contributed by atoms with Crippen LogP contribution in [-0.4, -0.2) is 89.4 Å². The number of nitrogens with zero attached hydrogens (tertiary/aromatic N) is 3. The first kappa shape index (κ1) is 31.0. The SMILES string of the molecule is O=C(NCc1ccc(C(F)(F)F)cc1)[C@H]1CCCN1C(=O)C1CCCN(S(=O)(=O)N2CC3(C2)CC(O)(C(F)(F)F)C3)C1. The van der Waals surface area contributed by atoms with Gasteiger partial charge in [-0.15, -0.1) is 0 Å². The van der Waals surface area contributed by atoms with Gasteiger partial charge >= 0.3 is 12.4 Å². The monoisotopic (exact) mass is 626 g/mol. The van der Waals surface area contributed by atoms with Crippen molar-refractivity contribution >= 4 is 22.0 Å². The molecular formula is C26H32F6N4O5S. The van der Waals surface area contributed by atoms with Crippen LogP contribution in [0.2, 0.25) is 0 Å². The van der Waals surface area contributed by atoms with Crippen molar-refractivity contribution in [3.05, 3.63) is 35.4 Å². The highest BCUT2D eigenvalue weighted by Crippen LogP contribution is 2.60. The zero-order chi connectivity index (χ0) is 30.7. The summed E-state index contributed by atoms with van der Waals surface area (Å²) >= 11 is 0. The maximum atomic E-state index is 13.4. The lowest BCUT2D eigenvalue weighted by Crippen LogP contribution is -2.73. The van der Waals surface area contributed by atoms with Gasteiger partial charge in [-0.1, -0.05) is 12.1 Å². The Morgan fingerprint density at radius 3 is 2.17 bits per heavy atom. The molecule has 1 aliphatic carbocycles. The Balaban J connectivity index is 1.15. The molecule has 2 atom stereocenters. The van der Waals surface area contributed by atoms with Crippen LogP contribution in [0.3, 0.4) is 0 Å². The Hall–Kier alpha value is -2.43. The number of rotatable bonds is 6. The number of amides is 2. The Labute approximate surface area is 239 Å². The van der Waals surface area contributed by atoms with E-state index in [9.17, 15) is 49.5 Å². The van der Waals surface area contributed by atoms with E-state index in [0.717, 1.165) is 20.7 Å². The van der Waals surface area contributed by atoms with Crippen molar-refractivity contribution in [1.29, 1.82) is 0 Å². The first-order chi connectivity index (χ1) is 19.4. The molecule has 1 aromatic carbocycles. The molecule has 4 aliphatic rings. The summed E-state index contributed by atoms with van der Waals surface area (Å²) in [5, 5.41) is 12.4. The van der Waals surface area contributed by atoms with Crippen LogP contribution in [0.1, 0.15) is 49.7 Å². The van der Waals surface area contributed by atoms with E-state index < -0.39 is 69.8 Å². The summed E-state index contributed by atoms with van der Waals surface area (Å²) in [6, 6.07) is 3.58. The average Bonchev–Trinajstić information content (AvgIpc) is 3.37. The lowest BCUT2D eigenvalue weighted by Gasteiger charge is -2.62. The van der Waals surface area contributed by atoms with Gasteiger partial charge in [0.2, 0.25) is 11.8 Å². The van der Waals surface area contributed by atoms with Crippen LogP contribution in [0.5, 0.6) is 0 Å². The largest absolute Gasteiger partial charge is 0.417 e. The van der Waals surface area contributed by atoms with Crippen molar-refractivity contribution < 1.29 is 49.5 Å². The molecule has 3 saturated heterocycles. The number of aliphatic hydroxyl groups is 1. The van der Waals surface area contributed by atoms with Crippen LogP contribution in [-0.2, 0) is 32.5 Å². The van der Waals surface area contributed by atoms with Crippen molar-refractivity contribution in [2.24, 2.45) is 11.3 Å². The van der Waals surface area contributed by atoms with Gasteiger partial charge in [-0.05, 0) is 56.2 Å². The van der Waals surface area contributed by atoms with Gasteiger partial charge in [-0.2, -0.15) is 43.4 Å². The zero-order valence-corrected chi connectivity index (χ0v) is 23.4. The summed E-state index contributed by atoms with van der Waals surface area (Å²) in [4.78, 5) is 27.8. The summed E-state index contributed by atoms with van der Waals surface area (Å²) in [6.07, 6.45) is -8.60. The highest BCUT2D eigenvalue weighted by molar-refractivity contribution is 7.86. The number of alkyl halides is 6. The minimum absolute atomic E-state index is 0.0252. The highest BCUT2D eigenvalue weighted by atomic mass is 32.2. The number of likely N-dealkylation sites (tertiary alicyclic amines) is 1. The van der Waals surface area contributed by atoms with E-state index in [1.54, 1.807) is 0 Å². The predicted octanol–water partition coefficient (Wildman–Crippen LogP) is 2.66. The molecule has 0 aromatic heterocycles. The smallest absolute Gasteiger partial charge is 0.380 e.